The van der Waals surface area contributed by atoms with Crippen LogP contribution in [0.25, 0.3) is 0 Å². The van der Waals surface area contributed by atoms with Gasteiger partial charge in [-0.2, -0.15) is 0 Å². The second-order valence-electron chi connectivity index (χ2n) is 1.80. The van der Waals surface area contributed by atoms with Crippen LogP contribution in [0, 0.1) is 0 Å². The minimum absolute atomic E-state index is 0.884. The predicted octanol–water partition coefficient (Wildman–Crippen LogP) is 3.35. The van der Waals surface area contributed by atoms with E-state index in [4.69, 9.17) is 34.8 Å². The third kappa shape index (κ3) is 9.18. The molecule has 0 amide bonds. The molecule has 10 heavy (non-hydrogen) atoms. The fourth-order valence-electron chi connectivity index (χ4n) is 0.382. The molecule has 0 aliphatic carbocycles. The van der Waals surface area contributed by atoms with Gasteiger partial charge in [-0.05, 0) is 18.4 Å². The second kappa shape index (κ2) is 5.78. The molecule has 1 nitrogen and oxygen atoms in total. The molecule has 0 radical (unpaired) electrons. The maximum atomic E-state index is 5.44. The predicted molar refractivity (Wildman–Crippen MR) is 50.8 cm³/mol. The maximum Gasteiger partial charge on any atom is 0.251 e. The van der Waals surface area contributed by atoms with Crippen molar-refractivity contribution in [3.63, 3.8) is 0 Å². The number of halogens is 3. The van der Waals surface area contributed by atoms with E-state index in [0.717, 1.165) is 31.3 Å². The standard InChI is InChI=1S/C5H10Cl3NS/c1-2-3-4-9-10-5(6,7)8/h9H,2-4H2,1H3. The van der Waals surface area contributed by atoms with Gasteiger partial charge in [-0.15, -0.1) is 0 Å². The molecule has 0 aliphatic rings. The Morgan fingerprint density at radius 2 is 2.00 bits per heavy atom. The first-order valence-corrected chi connectivity index (χ1v) is 4.99. The van der Waals surface area contributed by atoms with Gasteiger partial charge in [0, 0.05) is 6.54 Å². The van der Waals surface area contributed by atoms with E-state index in [-0.39, 0.29) is 0 Å². The van der Waals surface area contributed by atoms with Crippen molar-refractivity contribution in [2.45, 2.75) is 22.9 Å². The summed E-state index contributed by atoms with van der Waals surface area (Å²) in [7, 11) is 0. The van der Waals surface area contributed by atoms with E-state index < -0.39 is 3.12 Å². The lowest BCUT2D eigenvalue weighted by Gasteiger charge is -2.09. The highest BCUT2D eigenvalue weighted by atomic mass is 35.6. The SMILES string of the molecule is CCCCNSC(Cl)(Cl)Cl. The summed E-state index contributed by atoms with van der Waals surface area (Å²) in [5, 5.41) is 0. The summed E-state index contributed by atoms with van der Waals surface area (Å²) < 4.78 is 1.72. The quantitative estimate of drug-likeness (QED) is 0.445. The van der Waals surface area contributed by atoms with E-state index in [0.29, 0.717) is 0 Å². The van der Waals surface area contributed by atoms with E-state index in [1.807, 2.05) is 0 Å². The number of alkyl halides is 3. The number of unbranched alkanes of at least 4 members (excludes halogenated alkanes) is 1. The van der Waals surface area contributed by atoms with Crippen LogP contribution in [-0.4, -0.2) is 9.67 Å². The molecule has 0 spiro atoms. The van der Waals surface area contributed by atoms with E-state index in [1.165, 1.54) is 0 Å². The van der Waals surface area contributed by atoms with Gasteiger partial charge >= 0.3 is 0 Å². The monoisotopic (exact) mass is 221 g/mol. The Hall–Kier alpha value is 1.18. The van der Waals surface area contributed by atoms with Crippen LogP contribution in [0.15, 0.2) is 0 Å². The number of hydrogen-bond donors (Lipinski definition) is 1. The first-order valence-electron chi connectivity index (χ1n) is 3.04. The third-order valence-corrected chi connectivity index (χ3v) is 2.09. The Balaban J connectivity index is 3.04. The number of rotatable bonds is 4. The molecule has 0 aliphatic heterocycles. The van der Waals surface area contributed by atoms with Crippen LogP contribution in [0.4, 0.5) is 0 Å². The Labute approximate surface area is 80.9 Å². The lowest BCUT2D eigenvalue weighted by Crippen LogP contribution is -2.11. The molecular weight excluding hydrogens is 212 g/mol. The van der Waals surface area contributed by atoms with Crippen LogP contribution in [0.5, 0.6) is 0 Å². The van der Waals surface area contributed by atoms with Gasteiger partial charge in [0.05, 0.1) is 0 Å². The summed E-state index contributed by atoms with van der Waals surface area (Å²) in [6, 6.07) is 0. The Kier molecular flexibility index (Phi) is 6.47. The van der Waals surface area contributed by atoms with E-state index in [1.54, 1.807) is 0 Å². The van der Waals surface area contributed by atoms with Crippen molar-refractivity contribution in [1.82, 2.24) is 4.72 Å². The molecule has 0 rings (SSSR count). The highest BCUT2D eigenvalue weighted by Gasteiger charge is 2.19. The molecule has 0 saturated heterocycles. The normalized spacial score (nSPS) is 12.0. The molecule has 0 heterocycles. The van der Waals surface area contributed by atoms with Gasteiger partial charge in [-0.25, -0.2) is 0 Å². The maximum absolute atomic E-state index is 5.44. The van der Waals surface area contributed by atoms with Gasteiger partial charge in [0.1, 0.15) is 0 Å². The minimum atomic E-state index is -1.23. The first kappa shape index (κ1) is 11.2. The first-order chi connectivity index (χ1) is 4.56. The highest BCUT2D eigenvalue weighted by Crippen LogP contribution is 2.36. The summed E-state index contributed by atoms with van der Waals surface area (Å²) in [4.78, 5) is 0. The molecule has 0 atom stereocenters. The van der Waals surface area contributed by atoms with Crippen molar-refractivity contribution >= 4 is 46.8 Å². The summed E-state index contributed by atoms with van der Waals surface area (Å²) in [6.45, 7) is 3.00. The van der Waals surface area contributed by atoms with Crippen LogP contribution >= 0.6 is 46.8 Å². The molecule has 5 heteroatoms. The smallest absolute Gasteiger partial charge is 0.251 e. The second-order valence-corrected chi connectivity index (χ2v) is 5.85. The molecule has 0 bridgehead atoms. The van der Waals surface area contributed by atoms with Gasteiger partial charge < -0.3 is 0 Å². The Morgan fingerprint density at radius 1 is 1.40 bits per heavy atom. The third-order valence-electron chi connectivity index (χ3n) is 0.820. The van der Waals surface area contributed by atoms with Crippen LogP contribution in [0.1, 0.15) is 19.8 Å². The van der Waals surface area contributed by atoms with Crippen LogP contribution < -0.4 is 4.72 Å². The van der Waals surface area contributed by atoms with Gasteiger partial charge in [0.25, 0.3) is 3.12 Å². The van der Waals surface area contributed by atoms with Gasteiger partial charge in [-0.3, -0.25) is 4.72 Å². The zero-order valence-electron chi connectivity index (χ0n) is 5.66. The van der Waals surface area contributed by atoms with Crippen molar-refractivity contribution < 1.29 is 0 Å². The average molecular weight is 223 g/mol. The molecule has 0 aromatic carbocycles. The number of hydrogen-bond acceptors (Lipinski definition) is 2. The molecule has 0 fully saturated rings. The Morgan fingerprint density at radius 3 is 2.40 bits per heavy atom. The summed E-state index contributed by atoms with van der Waals surface area (Å²) >= 11 is 17.5. The van der Waals surface area contributed by atoms with Gasteiger partial charge in [0.15, 0.2) is 0 Å². The Bertz CT molecular complexity index is 83.5. The van der Waals surface area contributed by atoms with Crippen molar-refractivity contribution in [1.29, 1.82) is 0 Å². The molecule has 62 valence electrons. The highest BCUT2D eigenvalue weighted by molar-refractivity contribution is 8.02. The van der Waals surface area contributed by atoms with Crippen molar-refractivity contribution in [2.24, 2.45) is 0 Å². The topological polar surface area (TPSA) is 12.0 Å². The van der Waals surface area contributed by atoms with E-state index in [9.17, 15) is 0 Å². The lowest BCUT2D eigenvalue weighted by atomic mass is 10.3. The van der Waals surface area contributed by atoms with Crippen molar-refractivity contribution in [3.05, 3.63) is 0 Å². The fourth-order valence-corrected chi connectivity index (χ4v) is 1.28. The number of nitrogens with one attached hydrogen (secondary N) is 1. The van der Waals surface area contributed by atoms with Crippen LogP contribution in [0.3, 0.4) is 0 Å². The molecule has 1 N–H and O–H groups in total. The zero-order chi connectivity index (χ0) is 8.04. The minimum Gasteiger partial charge on any atom is -0.261 e. The van der Waals surface area contributed by atoms with Crippen LogP contribution in [0.2, 0.25) is 0 Å². The summed E-state index contributed by atoms with van der Waals surface area (Å²) in [6.07, 6.45) is 2.25. The van der Waals surface area contributed by atoms with Gasteiger partial charge in [0.2, 0.25) is 0 Å². The van der Waals surface area contributed by atoms with Crippen LogP contribution in [-0.2, 0) is 0 Å². The lowest BCUT2D eigenvalue weighted by molar-refractivity contribution is 0.776. The van der Waals surface area contributed by atoms with Crippen molar-refractivity contribution in [2.75, 3.05) is 6.54 Å². The largest absolute Gasteiger partial charge is 0.261 e. The van der Waals surface area contributed by atoms with E-state index >= 15 is 0 Å². The molecule has 0 unspecified atom stereocenters. The zero-order valence-corrected chi connectivity index (χ0v) is 8.75. The molecule has 0 aromatic rings. The molecule has 0 aromatic heterocycles. The van der Waals surface area contributed by atoms with Gasteiger partial charge in [-0.1, -0.05) is 48.1 Å². The van der Waals surface area contributed by atoms with Crippen molar-refractivity contribution in [3.8, 4) is 0 Å². The van der Waals surface area contributed by atoms with E-state index in [2.05, 4.69) is 11.6 Å². The fraction of sp³-hybridized carbons (Fsp3) is 1.00. The molecular formula is C5H10Cl3NS. The molecule has 0 saturated carbocycles. The summed E-state index contributed by atoms with van der Waals surface area (Å²) in [5.41, 5.74) is 0. The average Bonchev–Trinajstić information content (AvgIpc) is 1.78. The summed E-state index contributed by atoms with van der Waals surface area (Å²) in [5.74, 6) is 0.